The first kappa shape index (κ1) is 13.5. The van der Waals surface area contributed by atoms with Crippen LogP contribution in [0.2, 0.25) is 0 Å². The van der Waals surface area contributed by atoms with E-state index in [-0.39, 0.29) is 24.5 Å². The maximum absolute atomic E-state index is 13.0. The standard InChI is InChI=1S/C15H22FNO/c1-10(2)14(9-18)17-15(11-3-4-11)12-5-7-13(16)8-6-12/h5-8,10-11,14-15,17-18H,3-4,9H2,1-2H3. The Balaban J connectivity index is 2.10. The first-order chi connectivity index (χ1) is 8.61. The molecule has 0 heterocycles. The summed E-state index contributed by atoms with van der Waals surface area (Å²) in [4.78, 5) is 0. The van der Waals surface area contributed by atoms with Crippen molar-refractivity contribution in [1.29, 1.82) is 0 Å². The van der Waals surface area contributed by atoms with Crippen LogP contribution in [0.25, 0.3) is 0 Å². The van der Waals surface area contributed by atoms with Crippen LogP contribution in [0.5, 0.6) is 0 Å². The van der Waals surface area contributed by atoms with Crippen LogP contribution in [0.15, 0.2) is 24.3 Å². The molecule has 1 aromatic rings. The molecular formula is C15H22FNO. The number of aliphatic hydroxyl groups excluding tert-OH is 1. The summed E-state index contributed by atoms with van der Waals surface area (Å²) < 4.78 is 13.0. The van der Waals surface area contributed by atoms with Gasteiger partial charge in [-0.15, -0.1) is 0 Å². The summed E-state index contributed by atoms with van der Waals surface area (Å²) in [5.74, 6) is 0.816. The molecule has 0 aliphatic heterocycles. The molecule has 100 valence electrons. The highest BCUT2D eigenvalue weighted by Gasteiger charge is 2.33. The Hall–Kier alpha value is -0.930. The Labute approximate surface area is 108 Å². The molecule has 0 aromatic heterocycles. The summed E-state index contributed by atoms with van der Waals surface area (Å²) in [7, 11) is 0. The molecule has 1 fully saturated rings. The van der Waals surface area contributed by atoms with Crippen LogP contribution in [-0.2, 0) is 0 Å². The van der Waals surface area contributed by atoms with Gasteiger partial charge in [0, 0.05) is 12.1 Å². The minimum atomic E-state index is -0.198. The molecule has 2 unspecified atom stereocenters. The van der Waals surface area contributed by atoms with Gasteiger partial charge in [0.15, 0.2) is 0 Å². The third-order valence-corrected chi connectivity index (χ3v) is 3.72. The Morgan fingerprint density at radius 3 is 2.33 bits per heavy atom. The summed E-state index contributed by atoms with van der Waals surface area (Å²) in [5, 5.41) is 12.9. The van der Waals surface area contributed by atoms with Gasteiger partial charge in [0.1, 0.15) is 5.82 Å². The number of benzene rings is 1. The molecule has 0 spiro atoms. The summed E-state index contributed by atoms with van der Waals surface area (Å²) >= 11 is 0. The first-order valence-corrected chi connectivity index (χ1v) is 6.74. The molecule has 18 heavy (non-hydrogen) atoms. The number of halogens is 1. The van der Waals surface area contributed by atoms with E-state index in [1.807, 2.05) is 12.1 Å². The number of hydrogen-bond acceptors (Lipinski definition) is 2. The average molecular weight is 251 g/mol. The highest BCUT2D eigenvalue weighted by molar-refractivity contribution is 5.22. The van der Waals surface area contributed by atoms with Crippen molar-refractivity contribution in [3.05, 3.63) is 35.6 Å². The maximum atomic E-state index is 13.0. The number of aliphatic hydroxyl groups is 1. The number of nitrogens with one attached hydrogen (secondary N) is 1. The summed E-state index contributed by atoms with van der Waals surface area (Å²) in [6.45, 7) is 4.34. The highest BCUT2D eigenvalue weighted by atomic mass is 19.1. The lowest BCUT2D eigenvalue weighted by Gasteiger charge is -2.27. The summed E-state index contributed by atoms with van der Waals surface area (Å²) in [5.41, 5.74) is 1.12. The normalized spacial score (nSPS) is 18.9. The van der Waals surface area contributed by atoms with E-state index in [4.69, 9.17) is 0 Å². The van der Waals surface area contributed by atoms with Crippen LogP contribution < -0.4 is 5.32 Å². The van der Waals surface area contributed by atoms with Gasteiger partial charge in [-0.05, 0) is 42.4 Å². The van der Waals surface area contributed by atoms with E-state index in [1.165, 1.54) is 25.0 Å². The molecule has 0 amide bonds. The van der Waals surface area contributed by atoms with E-state index in [1.54, 1.807) is 0 Å². The van der Waals surface area contributed by atoms with Gasteiger partial charge in [0.2, 0.25) is 0 Å². The lowest BCUT2D eigenvalue weighted by molar-refractivity contribution is 0.194. The third-order valence-electron chi connectivity index (χ3n) is 3.72. The van der Waals surface area contributed by atoms with Gasteiger partial charge < -0.3 is 10.4 Å². The molecule has 0 saturated heterocycles. The Kier molecular flexibility index (Phi) is 4.36. The molecule has 0 bridgehead atoms. The average Bonchev–Trinajstić information content (AvgIpc) is 3.16. The molecule has 3 heteroatoms. The van der Waals surface area contributed by atoms with Gasteiger partial charge >= 0.3 is 0 Å². The van der Waals surface area contributed by atoms with E-state index in [2.05, 4.69) is 19.2 Å². The van der Waals surface area contributed by atoms with Gasteiger partial charge in [-0.3, -0.25) is 0 Å². The van der Waals surface area contributed by atoms with Crippen molar-refractivity contribution in [3.63, 3.8) is 0 Å². The van der Waals surface area contributed by atoms with Crippen LogP contribution in [0.3, 0.4) is 0 Å². The van der Waals surface area contributed by atoms with Crippen molar-refractivity contribution in [2.45, 2.75) is 38.8 Å². The molecular weight excluding hydrogens is 229 g/mol. The molecule has 0 radical (unpaired) electrons. The predicted molar refractivity (Wildman–Crippen MR) is 70.7 cm³/mol. The Morgan fingerprint density at radius 1 is 1.28 bits per heavy atom. The lowest BCUT2D eigenvalue weighted by Crippen LogP contribution is -2.40. The zero-order valence-electron chi connectivity index (χ0n) is 11.1. The predicted octanol–water partition coefficient (Wildman–Crippen LogP) is 2.88. The van der Waals surface area contributed by atoms with E-state index < -0.39 is 0 Å². The topological polar surface area (TPSA) is 32.3 Å². The largest absolute Gasteiger partial charge is 0.395 e. The van der Waals surface area contributed by atoms with E-state index in [0.29, 0.717) is 11.8 Å². The van der Waals surface area contributed by atoms with E-state index >= 15 is 0 Å². The second-order valence-corrected chi connectivity index (χ2v) is 5.57. The van der Waals surface area contributed by atoms with Crippen LogP contribution in [-0.4, -0.2) is 17.8 Å². The molecule has 1 aliphatic rings. The van der Waals surface area contributed by atoms with Gasteiger partial charge in [0.05, 0.1) is 6.61 Å². The van der Waals surface area contributed by atoms with Crippen LogP contribution in [0.4, 0.5) is 4.39 Å². The Morgan fingerprint density at radius 2 is 1.89 bits per heavy atom. The van der Waals surface area contributed by atoms with Crippen molar-refractivity contribution >= 4 is 0 Å². The highest BCUT2D eigenvalue weighted by Crippen LogP contribution is 2.41. The minimum Gasteiger partial charge on any atom is -0.395 e. The molecule has 2 nitrogen and oxygen atoms in total. The fourth-order valence-electron chi connectivity index (χ4n) is 2.29. The van der Waals surface area contributed by atoms with Crippen molar-refractivity contribution < 1.29 is 9.50 Å². The maximum Gasteiger partial charge on any atom is 0.123 e. The van der Waals surface area contributed by atoms with Crippen molar-refractivity contribution in [2.75, 3.05) is 6.61 Å². The Bertz CT molecular complexity index is 373. The SMILES string of the molecule is CC(C)C(CO)NC(c1ccc(F)cc1)C1CC1. The van der Waals surface area contributed by atoms with Gasteiger partial charge in [-0.1, -0.05) is 26.0 Å². The molecule has 1 aromatic carbocycles. The van der Waals surface area contributed by atoms with E-state index in [0.717, 1.165) is 5.56 Å². The summed E-state index contributed by atoms with van der Waals surface area (Å²) in [6, 6.07) is 7.05. The lowest BCUT2D eigenvalue weighted by atomic mass is 9.98. The zero-order valence-corrected chi connectivity index (χ0v) is 11.1. The molecule has 1 aliphatic carbocycles. The molecule has 2 atom stereocenters. The van der Waals surface area contributed by atoms with E-state index in [9.17, 15) is 9.50 Å². The molecule has 1 saturated carbocycles. The van der Waals surface area contributed by atoms with Crippen molar-refractivity contribution in [2.24, 2.45) is 11.8 Å². The van der Waals surface area contributed by atoms with Gasteiger partial charge in [-0.25, -0.2) is 4.39 Å². The number of hydrogen-bond donors (Lipinski definition) is 2. The third kappa shape index (κ3) is 3.30. The van der Waals surface area contributed by atoms with Crippen molar-refractivity contribution in [3.8, 4) is 0 Å². The second kappa shape index (κ2) is 5.81. The first-order valence-electron chi connectivity index (χ1n) is 6.74. The van der Waals surface area contributed by atoms with Crippen LogP contribution in [0.1, 0.15) is 38.3 Å². The van der Waals surface area contributed by atoms with Crippen LogP contribution in [0, 0.1) is 17.7 Å². The second-order valence-electron chi connectivity index (χ2n) is 5.57. The molecule has 2 N–H and O–H groups in total. The smallest absolute Gasteiger partial charge is 0.123 e. The fourth-order valence-corrected chi connectivity index (χ4v) is 2.29. The van der Waals surface area contributed by atoms with Crippen molar-refractivity contribution in [1.82, 2.24) is 5.32 Å². The zero-order chi connectivity index (χ0) is 13.1. The monoisotopic (exact) mass is 251 g/mol. The molecule has 2 rings (SSSR count). The van der Waals surface area contributed by atoms with Gasteiger partial charge in [-0.2, -0.15) is 0 Å². The number of rotatable bonds is 6. The minimum absolute atomic E-state index is 0.0978. The van der Waals surface area contributed by atoms with Crippen LogP contribution >= 0.6 is 0 Å². The quantitative estimate of drug-likeness (QED) is 0.815. The van der Waals surface area contributed by atoms with Gasteiger partial charge in [0.25, 0.3) is 0 Å². The summed E-state index contributed by atoms with van der Waals surface area (Å²) in [6.07, 6.45) is 2.43. The fraction of sp³-hybridized carbons (Fsp3) is 0.600.